The van der Waals surface area contributed by atoms with Gasteiger partial charge in [0.1, 0.15) is 10.9 Å². The largest absolute Gasteiger partial charge is 0.456 e. The zero-order valence-corrected chi connectivity index (χ0v) is 9.89. The van der Waals surface area contributed by atoms with Crippen LogP contribution in [0.2, 0.25) is 0 Å². The van der Waals surface area contributed by atoms with Crippen LogP contribution in [-0.2, 0) is 23.7 Å². The lowest BCUT2D eigenvalue weighted by Gasteiger charge is -2.20. The Morgan fingerprint density at radius 1 is 1.20 bits per heavy atom. The van der Waals surface area contributed by atoms with Gasteiger partial charge in [-0.3, -0.25) is 4.79 Å². The Balaban J connectivity index is 1.83. The molecule has 3 aliphatic rings. The molecule has 5 nitrogen and oxygen atoms in total. The molecular weight excluding hydrogens is 268 g/mol. The molecule has 3 fully saturated rings. The fourth-order valence-corrected chi connectivity index (χ4v) is 2.74. The number of fused-ring (bicyclic) bond motifs is 3. The summed E-state index contributed by atoms with van der Waals surface area (Å²) < 4.78 is 22.0. The predicted octanol–water partition coefficient (Wildman–Crippen LogP) is 0.552. The number of carbonyl (C=O) groups excluding carboxylic acids is 1. The Hall–Kier alpha value is -0.170. The van der Waals surface area contributed by atoms with Crippen LogP contribution >= 0.6 is 15.9 Å². The number of rotatable bonds is 0. The Kier molecular flexibility index (Phi) is 1.96. The number of alkyl halides is 1. The third-order valence-electron chi connectivity index (χ3n) is 2.79. The van der Waals surface area contributed by atoms with E-state index in [1.54, 1.807) is 0 Å². The molecule has 6 heteroatoms. The summed E-state index contributed by atoms with van der Waals surface area (Å²) in [5.41, 5.74) is 0. The first-order valence-corrected chi connectivity index (χ1v) is 5.75. The van der Waals surface area contributed by atoms with E-state index in [-0.39, 0.29) is 24.3 Å². The van der Waals surface area contributed by atoms with E-state index in [0.717, 1.165) is 0 Å². The van der Waals surface area contributed by atoms with Crippen molar-refractivity contribution in [1.82, 2.24) is 0 Å². The molecule has 84 valence electrons. The minimum atomic E-state index is -0.670. The van der Waals surface area contributed by atoms with Crippen molar-refractivity contribution < 1.29 is 23.7 Å². The molecule has 0 N–H and O–H groups in total. The minimum absolute atomic E-state index is 0.295. The van der Waals surface area contributed by atoms with Crippen LogP contribution in [0, 0.1) is 0 Å². The van der Waals surface area contributed by atoms with E-state index < -0.39 is 16.9 Å². The second-order valence-corrected chi connectivity index (χ2v) is 5.36. The summed E-state index contributed by atoms with van der Waals surface area (Å²) >= 11 is 3.24. The highest BCUT2D eigenvalue weighted by Gasteiger charge is 2.62. The van der Waals surface area contributed by atoms with Gasteiger partial charge in [0.2, 0.25) is 0 Å². The maximum absolute atomic E-state index is 11.3. The average Bonchev–Trinajstić information content (AvgIpc) is 2.66. The molecule has 15 heavy (non-hydrogen) atoms. The molecular formula is C9H11BrO5. The molecule has 0 bridgehead atoms. The van der Waals surface area contributed by atoms with Gasteiger partial charge in [-0.15, -0.1) is 0 Å². The van der Waals surface area contributed by atoms with Crippen LogP contribution in [0.3, 0.4) is 0 Å². The molecule has 0 unspecified atom stereocenters. The van der Waals surface area contributed by atoms with Gasteiger partial charge in [0.25, 0.3) is 0 Å². The van der Waals surface area contributed by atoms with Crippen LogP contribution in [0.4, 0.5) is 0 Å². The average molecular weight is 279 g/mol. The standard InChI is InChI=1S/C9H11BrO5/c1-9(2)14-6-5-4(13-8(6)15-9)3(10)7(11)12-5/h3-6,8H,1-2H3/t3-,4+,5+,6+,8+/m0/s1. The lowest BCUT2D eigenvalue weighted by Crippen LogP contribution is -2.33. The molecule has 3 aliphatic heterocycles. The number of carbonyl (C=O) groups is 1. The van der Waals surface area contributed by atoms with Crippen LogP contribution in [0.5, 0.6) is 0 Å². The molecule has 0 amide bonds. The molecule has 5 atom stereocenters. The van der Waals surface area contributed by atoms with Gasteiger partial charge < -0.3 is 18.9 Å². The Morgan fingerprint density at radius 3 is 2.67 bits per heavy atom. The zero-order valence-electron chi connectivity index (χ0n) is 8.31. The lowest BCUT2D eigenvalue weighted by molar-refractivity contribution is -0.209. The zero-order chi connectivity index (χ0) is 10.8. The normalized spacial score (nSPS) is 51.4. The Labute approximate surface area is 95.1 Å². The van der Waals surface area contributed by atoms with Crippen molar-refractivity contribution in [1.29, 1.82) is 0 Å². The maximum Gasteiger partial charge on any atom is 0.323 e. The van der Waals surface area contributed by atoms with E-state index in [2.05, 4.69) is 15.9 Å². The van der Waals surface area contributed by atoms with Gasteiger partial charge in [-0.1, -0.05) is 15.9 Å². The third-order valence-corrected chi connectivity index (χ3v) is 3.69. The summed E-state index contributed by atoms with van der Waals surface area (Å²) in [5.74, 6) is -0.964. The predicted molar refractivity (Wildman–Crippen MR) is 51.3 cm³/mol. The summed E-state index contributed by atoms with van der Waals surface area (Å²) in [5, 5.41) is 0. The van der Waals surface area contributed by atoms with Crippen molar-refractivity contribution in [2.75, 3.05) is 0 Å². The molecule has 3 saturated heterocycles. The number of halogens is 1. The summed E-state index contributed by atoms with van der Waals surface area (Å²) in [6, 6.07) is 0. The Morgan fingerprint density at radius 2 is 1.93 bits per heavy atom. The molecule has 0 aromatic rings. The van der Waals surface area contributed by atoms with Gasteiger partial charge in [-0.2, -0.15) is 0 Å². The van der Waals surface area contributed by atoms with E-state index in [9.17, 15) is 4.79 Å². The van der Waals surface area contributed by atoms with E-state index >= 15 is 0 Å². The number of hydrogen-bond donors (Lipinski definition) is 0. The van der Waals surface area contributed by atoms with Gasteiger partial charge >= 0.3 is 5.97 Å². The molecule has 0 saturated carbocycles. The Bertz CT molecular complexity index is 318. The lowest BCUT2D eigenvalue weighted by atomic mass is 10.1. The van der Waals surface area contributed by atoms with Gasteiger partial charge in [-0.05, 0) is 13.8 Å². The van der Waals surface area contributed by atoms with Crippen LogP contribution in [0.1, 0.15) is 13.8 Å². The smallest absolute Gasteiger partial charge is 0.323 e. The molecule has 0 aromatic heterocycles. The van der Waals surface area contributed by atoms with Crippen molar-refractivity contribution in [3.05, 3.63) is 0 Å². The van der Waals surface area contributed by atoms with E-state index in [4.69, 9.17) is 18.9 Å². The van der Waals surface area contributed by atoms with Crippen molar-refractivity contribution in [3.63, 3.8) is 0 Å². The highest BCUT2D eigenvalue weighted by molar-refractivity contribution is 9.10. The first-order chi connectivity index (χ1) is 6.98. The summed E-state index contributed by atoms with van der Waals surface area (Å²) in [4.78, 5) is 10.9. The monoisotopic (exact) mass is 278 g/mol. The topological polar surface area (TPSA) is 54.0 Å². The molecule has 0 radical (unpaired) electrons. The summed E-state index contributed by atoms with van der Waals surface area (Å²) in [6.45, 7) is 3.62. The molecule has 0 spiro atoms. The van der Waals surface area contributed by atoms with E-state index in [1.807, 2.05) is 13.8 Å². The quantitative estimate of drug-likeness (QED) is 0.479. The van der Waals surface area contributed by atoms with E-state index in [0.29, 0.717) is 0 Å². The molecule has 3 heterocycles. The van der Waals surface area contributed by atoms with Crippen molar-refractivity contribution in [2.45, 2.75) is 49.1 Å². The van der Waals surface area contributed by atoms with Gasteiger partial charge in [0.05, 0.1) is 0 Å². The van der Waals surface area contributed by atoms with Crippen LogP contribution in [0.15, 0.2) is 0 Å². The maximum atomic E-state index is 11.3. The highest BCUT2D eigenvalue weighted by Crippen LogP contribution is 2.43. The van der Waals surface area contributed by atoms with Gasteiger partial charge in [0, 0.05) is 0 Å². The number of ether oxygens (including phenoxy) is 4. The number of hydrogen-bond acceptors (Lipinski definition) is 5. The minimum Gasteiger partial charge on any atom is -0.456 e. The summed E-state index contributed by atoms with van der Waals surface area (Å²) in [6.07, 6.45) is -1.39. The SMILES string of the molecule is CC1(C)O[C@H]2O[C@H]3[C@@H](OC(=O)[C@H]3Br)[C@H]2O1. The van der Waals surface area contributed by atoms with Gasteiger partial charge in [-0.25, -0.2) is 0 Å². The number of esters is 1. The fraction of sp³-hybridized carbons (Fsp3) is 0.889. The first-order valence-electron chi connectivity index (χ1n) is 4.84. The molecule has 0 aromatic carbocycles. The fourth-order valence-electron chi connectivity index (χ4n) is 2.21. The van der Waals surface area contributed by atoms with Crippen molar-refractivity contribution in [2.24, 2.45) is 0 Å². The molecule has 3 rings (SSSR count). The first kappa shape index (κ1) is 10.0. The molecule has 0 aliphatic carbocycles. The van der Waals surface area contributed by atoms with Crippen molar-refractivity contribution in [3.8, 4) is 0 Å². The van der Waals surface area contributed by atoms with Gasteiger partial charge in [0.15, 0.2) is 24.3 Å². The van der Waals surface area contributed by atoms with Crippen LogP contribution in [0.25, 0.3) is 0 Å². The van der Waals surface area contributed by atoms with Crippen molar-refractivity contribution >= 4 is 21.9 Å². The van der Waals surface area contributed by atoms with Crippen LogP contribution < -0.4 is 0 Å². The van der Waals surface area contributed by atoms with E-state index in [1.165, 1.54) is 0 Å². The third kappa shape index (κ3) is 1.35. The second-order valence-electron chi connectivity index (χ2n) is 4.37. The second kappa shape index (κ2) is 2.94. The summed E-state index contributed by atoms with van der Waals surface area (Å²) in [7, 11) is 0. The highest BCUT2D eigenvalue weighted by atomic mass is 79.9. The van der Waals surface area contributed by atoms with Crippen LogP contribution in [-0.4, -0.2) is 41.2 Å².